The van der Waals surface area contributed by atoms with Crippen LogP contribution >= 0.6 is 0 Å². The summed E-state index contributed by atoms with van der Waals surface area (Å²) in [6.45, 7) is 1.83. The number of halogens is 1. The van der Waals surface area contributed by atoms with E-state index in [9.17, 15) is 4.39 Å². The molecule has 0 aliphatic heterocycles. The Morgan fingerprint density at radius 3 is 2.75 bits per heavy atom. The molecule has 5 heteroatoms. The maximum Gasteiger partial charge on any atom is 0.145 e. The number of anilines is 1. The van der Waals surface area contributed by atoms with Crippen LogP contribution in [0.5, 0.6) is 0 Å². The summed E-state index contributed by atoms with van der Waals surface area (Å²) >= 11 is 0. The summed E-state index contributed by atoms with van der Waals surface area (Å²) in [5.41, 5.74) is 1.33. The Kier molecular flexibility index (Phi) is 4.64. The van der Waals surface area contributed by atoms with Gasteiger partial charge in [-0.1, -0.05) is 11.8 Å². The zero-order chi connectivity index (χ0) is 14.4. The number of aliphatic hydroxyl groups is 1. The summed E-state index contributed by atoms with van der Waals surface area (Å²) in [4.78, 5) is 8.03. The van der Waals surface area contributed by atoms with Crippen LogP contribution in [-0.2, 0) is 0 Å². The van der Waals surface area contributed by atoms with Gasteiger partial charge in [-0.15, -0.1) is 0 Å². The van der Waals surface area contributed by atoms with E-state index in [1.54, 1.807) is 18.3 Å². The van der Waals surface area contributed by atoms with Crippen molar-refractivity contribution >= 4 is 5.82 Å². The van der Waals surface area contributed by atoms with Gasteiger partial charge in [0.25, 0.3) is 0 Å². The topological polar surface area (TPSA) is 58.0 Å². The lowest BCUT2D eigenvalue weighted by Gasteiger charge is -2.11. The molecule has 4 nitrogen and oxygen atoms in total. The zero-order valence-electron chi connectivity index (χ0n) is 11.0. The van der Waals surface area contributed by atoms with Crippen molar-refractivity contribution in [1.82, 2.24) is 9.97 Å². The number of hydrogen-bond acceptors (Lipinski definition) is 4. The average Bonchev–Trinajstić information content (AvgIpc) is 2.48. The molecular weight excluding hydrogens is 257 g/mol. The van der Waals surface area contributed by atoms with Crippen LogP contribution in [0, 0.1) is 17.7 Å². The maximum atomic E-state index is 12.8. The first-order valence-electron chi connectivity index (χ1n) is 6.14. The molecule has 2 rings (SSSR count). The number of rotatable bonds is 3. The van der Waals surface area contributed by atoms with Gasteiger partial charge in [0.05, 0.1) is 12.2 Å². The lowest BCUT2D eigenvalue weighted by molar-refractivity contribution is 0.281. The summed E-state index contributed by atoms with van der Waals surface area (Å²) in [5.74, 6) is 6.13. The largest absolute Gasteiger partial charge is 0.394 e. The molecule has 0 saturated heterocycles. The third kappa shape index (κ3) is 3.77. The van der Waals surface area contributed by atoms with Crippen molar-refractivity contribution in [2.24, 2.45) is 0 Å². The summed E-state index contributed by atoms with van der Waals surface area (Å²) < 4.78 is 12.8. The van der Waals surface area contributed by atoms with Gasteiger partial charge in [0.2, 0.25) is 0 Å². The molecule has 2 N–H and O–H groups in total. The van der Waals surface area contributed by atoms with Crippen molar-refractivity contribution in [3.8, 4) is 11.8 Å². The minimum atomic E-state index is -0.294. The Morgan fingerprint density at radius 2 is 2.05 bits per heavy atom. The molecular formula is C15H14FN3O. The first-order chi connectivity index (χ1) is 9.69. The Labute approximate surface area is 116 Å². The molecule has 0 saturated carbocycles. The predicted molar refractivity (Wildman–Crippen MR) is 74.6 cm³/mol. The van der Waals surface area contributed by atoms with E-state index in [2.05, 4.69) is 27.1 Å². The van der Waals surface area contributed by atoms with Crippen LogP contribution in [0.15, 0.2) is 36.8 Å². The fourth-order valence-electron chi connectivity index (χ4n) is 1.49. The van der Waals surface area contributed by atoms with E-state index in [4.69, 9.17) is 5.11 Å². The van der Waals surface area contributed by atoms with Gasteiger partial charge in [0.1, 0.15) is 18.0 Å². The van der Waals surface area contributed by atoms with Gasteiger partial charge in [0, 0.05) is 17.8 Å². The zero-order valence-corrected chi connectivity index (χ0v) is 11.0. The third-order valence-electron chi connectivity index (χ3n) is 2.55. The van der Waals surface area contributed by atoms with Gasteiger partial charge in [0.15, 0.2) is 0 Å². The maximum absolute atomic E-state index is 12.8. The van der Waals surface area contributed by atoms with Crippen molar-refractivity contribution in [3.05, 3.63) is 53.7 Å². The second-order valence-electron chi connectivity index (χ2n) is 4.27. The highest BCUT2D eigenvalue weighted by Crippen LogP contribution is 2.10. The summed E-state index contributed by atoms with van der Waals surface area (Å²) in [7, 11) is 0. The smallest absolute Gasteiger partial charge is 0.145 e. The average molecular weight is 271 g/mol. The first-order valence-corrected chi connectivity index (χ1v) is 6.14. The Bertz CT molecular complexity index is 632. The molecule has 102 valence electrons. The first kappa shape index (κ1) is 14.0. The molecule has 0 unspecified atom stereocenters. The number of nitrogens with one attached hydrogen (secondary N) is 1. The number of nitrogens with zero attached hydrogens (tertiary/aromatic N) is 2. The van der Waals surface area contributed by atoms with E-state index in [1.807, 2.05) is 6.92 Å². The second-order valence-corrected chi connectivity index (χ2v) is 4.27. The molecule has 0 fully saturated rings. The van der Waals surface area contributed by atoms with Crippen LogP contribution in [0.4, 0.5) is 10.2 Å². The van der Waals surface area contributed by atoms with Gasteiger partial charge in [-0.2, -0.15) is 0 Å². The van der Waals surface area contributed by atoms with E-state index < -0.39 is 0 Å². The van der Waals surface area contributed by atoms with Crippen molar-refractivity contribution < 1.29 is 9.50 Å². The molecule has 1 aromatic carbocycles. The fraction of sp³-hybridized carbons (Fsp3) is 0.200. The lowest BCUT2D eigenvalue weighted by atomic mass is 10.2. The summed E-state index contributed by atoms with van der Waals surface area (Å²) in [5, 5.41) is 12.1. The Morgan fingerprint density at radius 1 is 1.30 bits per heavy atom. The molecule has 2 aromatic rings. The third-order valence-corrected chi connectivity index (χ3v) is 2.55. The molecule has 1 heterocycles. The molecule has 0 aliphatic carbocycles. The highest BCUT2D eigenvalue weighted by Gasteiger charge is 2.05. The molecule has 0 bridgehead atoms. The number of benzene rings is 1. The van der Waals surface area contributed by atoms with Crippen molar-refractivity contribution in [3.63, 3.8) is 0 Å². The van der Waals surface area contributed by atoms with Crippen LogP contribution in [0.25, 0.3) is 0 Å². The summed E-state index contributed by atoms with van der Waals surface area (Å²) in [6, 6.07) is 5.80. The molecule has 0 radical (unpaired) electrons. The minimum absolute atomic E-state index is 0.00513. The van der Waals surface area contributed by atoms with Crippen molar-refractivity contribution in [1.29, 1.82) is 0 Å². The van der Waals surface area contributed by atoms with E-state index in [1.165, 1.54) is 18.5 Å². The Hall–Kier alpha value is -2.45. The Balaban J connectivity index is 2.23. The number of aromatic nitrogens is 2. The van der Waals surface area contributed by atoms with Crippen LogP contribution in [0.3, 0.4) is 0 Å². The van der Waals surface area contributed by atoms with Gasteiger partial charge in [-0.05, 0) is 31.2 Å². The minimum Gasteiger partial charge on any atom is -0.394 e. The SMILES string of the molecule is C[C@H](CO)Nc1ncncc1C#Cc1ccc(F)cc1. The predicted octanol–water partition coefficient (Wildman–Crippen LogP) is 1.81. The molecule has 1 aromatic heterocycles. The van der Waals surface area contributed by atoms with Gasteiger partial charge in [-0.25, -0.2) is 14.4 Å². The summed E-state index contributed by atoms with van der Waals surface area (Å²) in [6.07, 6.45) is 3.01. The monoisotopic (exact) mass is 271 g/mol. The van der Waals surface area contributed by atoms with E-state index in [0.29, 0.717) is 16.9 Å². The van der Waals surface area contributed by atoms with Gasteiger partial charge in [-0.3, -0.25) is 0 Å². The van der Waals surface area contributed by atoms with Gasteiger partial charge >= 0.3 is 0 Å². The molecule has 0 aliphatic rings. The van der Waals surface area contributed by atoms with Crippen LogP contribution in [0.2, 0.25) is 0 Å². The van der Waals surface area contributed by atoms with Gasteiger partial charge < -0.3 is 10.4 Å². The van der Waals surface area contributed by atoms with E-state index >= 15 is 0 Å². The van der Waals surface area contributed by atoms with Crippen molar-refractivity contribution in [2.45, 2.75) is 13.0 Å². The number of hydrogen-bond donors (Lipinski definition) is 2. The number of aliphatic hydroxyl groups excluding tert-OH is 1. The molecule has 0 amide bonds. The molecule has 20 heavy (non-hydrogen) atoms. The quantitative estimate of drug-likeness (QED) is 0.836. The van der Waals surface area contributed by atoms with Crippen LogP contribution in [0.1, 0.15) is 18.1 Å². The normalized spacial score (nSPS) is 11.3. The lowest BCUT2D eigenvalue weighted by Crippen LogP contribution is -2.20. The van der Waals surface area contributed by atoms with Crippen molar-refractivity contribution in [2.75, 3.05) is 11.9 Å². The van der Waals surface area contributed by atoms with Crippen LogP contribution in [-0.4, -0.2) is 27.7 Å². The highest BCUT2D eigenvalue weighted by molar-refractivity contribution is 5.54. The molecule has 1 atom stereocenters. The van der Waals surface area contributed by atoms with Crippen LogP contribution < -0.4 is 5.32 Å². The fourth-order valence-corrected chi connectivity index (χ4v) is 1.49. The van der Waals surface area contributed by atoms with E-state index in [0.717, 1.165) is 0 Å². The van der Waals surface area contributed by atoms with E-state index in [-0.39, 0.29) is 18.5 Å². The standard InChI is InChI=1S/C15H14FN3O/c1-11(9-20)19-15-13(8-17-10-18-15)5-2-12-3-6-14(16)7-4-12/h3-4,6-8,10-11,20H,9H2,1H3,(H,17,18,19)/t11-/m1/s1. The molecule has 0 spiro atoms. The second kappa shape index (κ2) is 6.64. The highest BCUT2D eigenvalue weighted by atomic mass is 19.1.